The second-order valence-electron chi connectivity index (χ2n) is 5.58. The predicted molar refractivity (Wildman–Crippen MR) is 93.2 cm³/mol. The Morgan fingerprint density at radius 1 is 1.12 bits per heavy atom. The Kier molecular flexibility index (Phi) is 3.93. The van der Waals surface area contributed by atoms with Gasteiger partial charge in [-0.05, 0) is 49.2 Å². The quantitative estimate of drug-likeness (QED) is 0.771. The molecule has 0 radical (unpaired) electrons. The fourth-order valence-electron chi connectivity index (χ4n) is 2.49. The molecule has 0 aliphatic rings. The van der Waals surface area contributed by atoms with Crippen molar-refractivity contribution in [1.82, 2.24) is 4.57 Å². The summed E-state index contributed by atoms with van der Waals surface area (Å²) >= 11 is 5.89. The maximum absolute atomic E-state index is 12.7. The molecule has 0 aliphatic heterocycles. The third-order valence-corrected chi connectivity index (χ3v) is 5.55. The van der Waals surface area contributed by atoms with Crippen LogP contribution in [0.2, 0.25) is 5.02 Å². The molecule has 0 atom stereocenters. The van der Waals surface area contributed by atoms with Crippen molar-refractivity contribution in [2.24, 2.45) is 7.05 Å². The number of rotatable bonds is 3. The van der Waals surface area contributed by atoms with Gasteiger partial charge in [-0.15, -0.1) is 0 Å². The molecule has 0 spiro atoms. The molecular formula is C16H15ClN2O4S. The maximum Gasteiger partial charge on any atom is 0.419 e. The second-order valence-corrected chi connectivity index (χ2v) is 7.66. The summed E-state index contributed by atoms with van der Waals surface area (Å²) in [5, 5.41) is 0.527. The topological polar surface area (TPSA) is 81.3 Å². The number of sulfonamides is 1. The Morgan fingerprint density at radius 3 is 2.50 bits per heavy atom. The van der Waals surface area contributed by atoms with Crippen LogP contribution in [0.1, 0.15) is 11.1 Å². The summed E-state index contributed by atoms with van der Waals surface area (Å²) in [6.07, 6.45) is 0. The lowest BCUT2D eigenvalue weighted by molar-refractivity contribution is 0.527. The summed E-state index contributed by atoms with van der Waals surface area (Å²) < 4.78 is 34.4. The summed E-state index contributed by atoms with van der Waals surface area (Å²) in [6.45, 7) is 3.43. The van der Waals surface area contributed by atoms with E-state index in [0.29, 0.717) is 27.4 Å². The molecule has 1 aromatic heterocycles. The van der Waals surface area contributed by atoms with E-state index in [1.165, 1.54) is 10.6 Å². The molecule has 126 valence electrons. The summed E-state index contributed by atoms with van der Waals surface area (Å²) in [5.41, 5.74) is 2.42. The first kappa shape index (κ1) is 16.6. The smallest absolute Gasteiger partial charge is 0.408 e. The lowest BCUT2D eigenvalue weighted by Crippen LogP contribution is -2.15. The van der Waals surface area contributed by atoms with Crippen LogP contribution < -0.4 is 10.5 Å². The third-order valence-electron chi connectivity index (χ3n) is 3.81. The van der Waals surface area contributed by atoms with Crippen molar-refractivity contribution in [1.29, 1.82) is 0 Å². The molecule has 0 fully saturated rings. The Morgan fingerprint density at radius 2 is 1.83 bits per heavy atom. The number of benzene rings is 2. The fraction of sp³-hybridized carbons (Fsp3) is 0.188. The van der Waals surface area contributed by atoms with Crippen LogP contribution in [0, 0.1) is 13.8 Å². The number of anilines is 1. The molecule has 0 saturated carbocycles. The molecule has 1 heterocycles. The van der Waals surface area contributed by atoms with E-state index in [1.807, 2.05) is 0 Å². The number of halogens is 1. The summed E-state index contributed by atoms with van der Waals surface area (Å²) in [4.78, 5) is 11.7. The molecule has 3 rings (SSSR count). The van der Waals surface area contributed by atoms with Crippen molar-refractivity contribution in [2.45, 2.75) is 18.7 Å². The van der Waals surface area contributed by atoms with Gasteiger partial charge >= 0.3 is 5.76 Å². The highest BCUT2D eigenvalue weighted by atomic mass is 35.5. The Balaban J connectivity index is 2.11. The molecule has 0 saturated heterocycles. The van der Waals surface area contributed by atoms with Gasteiger partial charge in [-0.25, -0.2) is 13.2 Å². The standard InChI is InChI=1S/C16H15ClN2O4S/c1-9-6-11(17)4-5-12(9)18-24(21,22)15-8-14-13(7-10(15)2)19(3)16(20)23-14/h4-8,18H,1-3H3. The van der Waals surface area contributed by atoms with Crippen LogP contribution in [0.3, 0.4) is 0 Å². The van der Waals surface area contributed by atoms with Gasteiger partial charge in [0.2, 0.25) is 0 Å². The molecule has 1 N–H and O–H groups in total. The van der Waals surface area contributed by atoms with Crippen LogP contribution in [0.25, 0.3) is 11.1 Å². The zero-order valence-corrected chi connectivity index (χ0v) is 14.8. The number of hydrogen-bond acceptors (Lipinski definition) is 4. The minimum Gasteiger partial charge on any atom is -0.408 e. The van der Waals surface area contributed by atoms with Crippen molar-refractivity contribution in [3.8, 4) is 0 Å². The number of fused-ring (bicyclic) bond motifs is 1. The Bertz CT molecular complexity index is 1110. The molecule has 24 heavy (non-hydrogen) atoms. The van der Waals surface area contributed by atoms with E-state index in [1.54, 1.807) is 45.2 Å². The van der Waals surface area contributed by atoms with Crippen molar-refractivity contribution in [2.75, 3.05) is 4.72 Å². The number of nitrogens with one attached hydrogen (secondary N) is 1. The molecule has 0 bridgehead atoms. The number of nitrogens with zero attached hydrogens (tertiary/aromatic N) is 1. The van der Waals surface area contributed by atoms with E-state index >= 15 is 0 Å². The van der Waals surface area contributed by atoms with Crippen LogP contribution >= 0.6 is 11.6 Å². The Labute approximate surface area is 143 Å². The highest BCUT2D eigenvalue weighted by Gasteiger charge is 2.21. The average Bonchev–Trinajstić information content (AvgIpc) is 2.76. The van der Waals surface area contributed by atoms with Gasteiger partial charge < -0.3 is 4.42 Å². The largest absolute Gasteiger partial charge is 0.419 e. The van der Waals surface area contributed by atoms with Gasteiger partial charge in [0.15, 0.2) is 5.58 Å². The van der Waals surface area contributed by atoms with Crippen molar-refractivity contribution in [3.63, 3.8) is 0 Å². The van der Waals surface area contributed by atoms with Gasteiger partial charge in [0.05, 0.1) is 16.1 Å². The zero-order valence-electron chi connectivity index (χ0n) is 13.3. The van der Waals surface area contributed by atoms with E-state index in [-0.39, 0.29) is 10.5 Å². The first-order chi connectivity index (χ1) is 11.2. The van der Waals surface area contributed by atoms with Gasteiger partial charge in [0.25, 0.3) is 10.0 Å². The third kappa shape index (κ3) is 2.81. The first-order valence-corrected chi connectivity index (χ1v) is 8.94. The predicted octanol–water partition coefficient (Wildman–Crippen LogP) is 3.20. The zero-order chi connectivity index (χ0) is 17.6. The number of hydrogen-bond donors (Lipinski definition) is 1. The van der Waals surface area contributed by atoms with Crippen LogP contribution in [-0.4, -0.2) is 13.0 Å². The minimum atomic E-state index is -3.84. The van der Waals surface area contributed by atoms with E-state index in [9.17, 15) is 13.2 Å². The van der Waals surface area contributed by atoms with E-state index < -0.39 is 15.8 Å². The number of oxazole rings is 1. The average molecular weight is 367 g/mol. The number of aryl methyl sites for hydroxylation is 3. The normalized spacial score (nSPS) is 11.8. The molecule has 0 unspecified atom stereocenters. The minimum absolute atomic E-state index is 0.0544. The molecule has 8 heteroatoms. The van der Waals surface area contributed by atoms with E-state index in [4.69, 9.17) is 16.0 Å². The summed E-state index contributed by atoms with van der Waals surface area (Å²) in [7, 11) is -2.27. The fourth-order valence-corrected chi connectivity index (χ4v) is 4.09. The van der Waals surface area contributed by atoms with Crippen LogP contribution in [0.15, 0.2) is 44.4 Å². The molecule has 0 aliphatic carbocycles. The van der Waals surface area contributed by atoms with Gasteiger partial charge in [0, 0.05) is 18.1 Å². The van der Waals surface area contributed by atoms with Gasteiger partial charge in [0.1, 0.15) is 0 Å². The second kappa shape index (κ2) is 5.68. The van der Waals surface area contributed by atoms with Crippen molar-refractivity contribution >= 4 is 38.4 Å². The van der Waals surface area contributed by atoms with Gasteiger partial charge in [-0.1, -0.05) is 11.6 Å². The molecule has 6 nitrogen and oxygen atoms in total. The molecule has 0 amide bonds. The molecule has 2 aromatic carbocycles. The van der Waals surface area contributed by atoms with Crippen LogP contribution in [0.5, 0.6) is 0 Å². The summed E-state index contributed by atoms with van der Waals surface area (Å²) in [5.74, 6) is -0.541. The Hall–Kier alpha value is -2.25. The van der Waals surface area contributed by atoms with Gasteiger partial charge in [-0.3, -0.25) is 9.29 Å². The highest BCUT2D eigenvalue weighted by Crippen LogP contribution is 2.26. The van der Waals surface area contributed by atoms with Crippen molar-refractivity contribution < 1.29 is 12.8 Å². The van der Waals surface area contributed by atoms with Crippen molar-refractivity contribution in [3.05, 3.63) is 57.0 Å². The van der Waals surface area contributed by atoms with Crippen LogP contribution in [0.4, 0.5) is 5.69 Å². The lowest BCUT2D eigenvalue weighted by atomic mass is 10.2. The van der Waals surface area contributed by atoms with E-state index in [2.05, 4.69) is 4.72 Å². The summed E-state index contributed by atoms with van der Waals surface area (Å²) in [6, 6.07) is 7.86. The monoisotopic (exact) mass is 366 g/mol. The SMILES string of the molecule is Cc1cc(Cl)ccc1NS(=O)(=O)c1cc2oc(=O)n(C)c2cc1C. The first-order valence-electron chi connectivity index (χ1n) is 7.08. The highest BCUT2D eigenvalue weighted by molar-refractivity contribution is 7.92. The molecule has 3 aromatic rings. The van der Waals surface area contributed by atoms with Crippen LogP contribution in [-0.2, 0) is 17.1 Å². The molecular weight excluding hydrogens is 352 g/mol. The van der Waals surface area contributed by atoms with Gasteiger partial charge in [-0.2, -0.15) is 0 Å². The maximum atomic E-state index is 12.7. The number of aromatic nitrogens is 1. The lowest BCUT2D eigenvalue weighted by Gasteiger charge is -2.12. The van der Waals surface area contributed by atoms with E-state index in [0.717, 1.165) is 0 Å².